The van der Waals surface area contributed by atoms with Crippen molar-refractivity contribution in [2.75, 3.05) is 20.8 Å². The zero-order valence-corrected chi connectivity index (χ0v) is 15.0. The second kappa shape index (κ2) is 7.07. The third kappa shape index (κ3) is 3.28. The number of aromatic amines is 1. The molecule has 2 aromatic heterocycles. The molecular weight excluding hydrogens is 314 g/mol. The average molecular weight is 337 g/mol. The van der Waals surface area contributed by atoms with E-state index in [0.717, 1.165) is 22.2 Å². The lowest BCUT2D eigenvalue weighted by Crippen LogP contribution is -2.34. The molecule has 0 saturated carbocycles. The molecule has 1 N–H and O–H groups in total. The van der Waals surface area contributed by atoms with Crippen LogP contribution in [0.2, 0.25) is 0 Å². The van der Waals surface area contributed by atoms with Crippen LogP contribution >= 0.6 is 0 Å². The van der Waals surface area contributed by atoms with Gasteiger partial charge in [-0.3, -0.25) is 9.78 Å². The van der Waals surface area contributed by atoms with Gasteiger partial charge >= 0.3 is 0 Å². The SMILES string of the molecule is COC[C@@H](c1ccccn1)N(C)C(=O)c1[nH]c2ccc(C)cc2c1C. The van der Waals surface area contributed by atoms with Crippen LogP contribution in [0.4, 0.5) is 0 Å². The summed E-state index contributed by atoms with van der Waals surface area (Å²) in [6, 6.07) is 11.6. The van der Waals surface area contributed by atoms with Crippen LogP contribution in [0.25, 0.3) is 10.9 Å². The van der Waals surface area contributed by atoms with Crippen molar-refractivity contribution in [2.45, 2.75) is 19.9 Å². The van der Waals surface area contributed by atoms with Gasteiger partial charge < -0.3 is 14.6 Å². The van der Waals surface area contributed by atoms with Crippen LogP contribution in [0.1, 0.15) is 33.4 Å². The fourth-order valence-corrected chi connectivity index (χ4v) is 3.10. The molecule has 0 aliphatic carbocycles. The molecule has 3 rings (SSSR count). The van der Waals surface area contributed by atoms with E-state index in [-0.39, 0.29) is 11.9 Å². The van der Waals surface area contributed by atoms with E-state index in [0.29, 0.717) is 12.3 Å². The second-order valence-corrected chi connectivity index (χ2v) is 6.32. The predicted octanol–water partition coefficient (Wildman–Crippen LogP) is 3.64. The number of hydrogen-bond donors (Lipinski definition) is 1. The van der Waals surface area contributed by atoms with Crippen LogP contribution < -0.4 is 0 Å². The predicted molar refractivity (Wildman–Crippen MR) is 98.7 cm³/mol. The highest BCUT2D eigenvalue weighted by atomic mass is 16.5. The molecule has 0 unspecified atom stereocenters. The Morgan fingerprint density at radius 2 is 2.08 bits per heavy atom. The number of rotatable bonds is 5. The van der Waals surface area contributed by atoms with E-state index in [1.807, 2.05) is 37.3 Å². The van der Waals surface area contributed by atoms with Gasteiger partial charge in [0.1, 0.15) is 5.69 Å². The van der Waals surface area contributed by atoms with Gasteiger partial charge in [-0.05, 0) is 43.7 Å². The van der Waals surface area contributed by atoms with Crippen LogP contribution in [0.5, 0.6) is 0 Å². The Bertz CT molecular complexity index is 887. The topological polar surface area (TPSA) is 58.2 Å². The number of nitrogens with zero attached hydrogens (tertiary/aromatic N) is 2. The largest absolute Gasteiger partial charge is 0.382 e. The molecular formula is C20H23N3O2. The third-order valence-corrected chi connectivity index (χ3v) is 4.57. The number of aryl methyl sites for hydroxylation is 2. The molecule has 0 fully saturated rings. The number of pyridine rings is 1. The molecule has 1 aromatic carbocycles. The quantitative estimate of drug-likeness (QED) is 0.773. The van der Waals surface area contributed by atoms with Gasteiger partial charge in [-0.25, -0.2) is 0 Å². The number of carbonyl (C=O) groups excluding carboxylic acids is 1. The van der Waals surface area contributed by atoms with E-state index >= 15 is 0 Å². The van der Waals surface area contributed by atoms with Crippen molar-refractivity contribution < 1.29 is 9.53 Å². The first-order chi connectivity index (χ1) is 12.0. The number of H-pyrrole nitrogens is 1. The standard InChI is InChI=1S/C20H23N3O2/c1-13-8-9-16-15(11-13)14(2)19(22-16)20(24)23(3)18(12-25-4)17-7-5-6-10-21-17/h5-11,18,22H,12H2,1-4H3/t18-/m0/s1. The van der Waals surface area contributed by atoms with Gasteiger partial charge in [-0.2, -0.15) is 0 Å². The molecule has 3 aromatic rings. The first kappa shape index (κ1) is 17.2. The van der Waals surface area contributed by atoms with Crippen molar-refractivity contribution in [3.8, 4) is 0 Å². The van der Waals surface area contributed by atoms with Crippen molar-refractivity contribution in [1.29, 1.82) is 0 Å². The third-order valence-electron chi connectivity index (χ3n) is 4.57. The number of hydrogen-bond acceptors (Lipinski definition) is 3. The van der Waals surface area contributed by atoms with Crippen LogP contribution in [-0.2, 0) is 4.74 Å². The lowest BCUT2D eigenvalue weighted by molar-refractivity contribution is 0.0590. The van der Waals surface area contributed by atoms with Gasteiger partial charge in [0, 0.05) is 31.3 Å². The number of ether oxygens (including phenoxy) is 1. The molecule has 1 amide bonds. The number of benzene rings is 1. The summed E-state index contributed by atoms with van der Waals surface area (Å²) >= 11 is 0. The monoisotopic (exact) mass is 337 g/mol. The fraction of sp³-hybridized carbons (Fsp3) is 0.300. The summed E-state index contributed by atoms with van der Waals surface area (Å²) in [6.45, 7) is 4.41. The number of methoxy groups -OCH3 is 1. The lowest BCUT2D eigenvalue weighted by atomic mass is 10.1. The van der Waals surface area contributed by atoms with E-state index < -0.39 is 0 Å². The number of nitrogens with one attached hydrogen (secondary N) is 1. The average Bonchev–Trinajstić information content (AvgIpc) is 2.95. The number of fused-ring (bicyclic) bond motifs is 1. The van der Waals surface area contributed by atoms with Crippen LogP contribution in [0.15, 0.2) is 42.6 Å². The minimum atomic E-state index is -0.244. The Labute approximate surface area is 147 Å². The molecule has 5 nitrogen and oxygen atoms in total. The zero-order valence-electron chi connectivity index (χ0n) is 15.0. The molecule has 25 heavy (non-hydrogen) atoms. The van der Waals surface area contributed by atoms with Gasteiger partial charge in [0.2, 0.25) is 0 Å². The maximum absolute atomic E-state index is 13.1. The Balaban J connectivity index is 1.97. The number of aromatic nitrogens is 2. The van der Waals surface area contributed by atoms with Crippen LogP contribution in [0.3, 0.4) is 0 Å². The van der Waals surface area contributed by atoms with Crippen molar-refractivity contribution in [3.63, 3.8) is 0 Å². The molecule has 1 atom stereocenters. The highest BCUT2D eigenvalue weighted by Gasteiger charge is 2.26. The summed E-state index contributed by atoms with van der Waals surface area (Å²) in [5, 5.41) is 1.08. The van der Waals surface area contributed by atoms with Gasteiger partial charge in [-0.1, -0.05) is 17.7 Å². The Hall–Kier alpha value is -2.66. The van der Waals surface area contributed by atoms with Crippen molar-refractivity contribution >= 4 is 16.8 Å². The van der Waals surface area contributed by atoms with Crippen molar-refractivity contribution in [1.82, 2.24) is 14.9 Å². The summed E-state index contributed by atoms with van der Waals surface area (Å²) in [5.74, 6) is -0.0703. The molecule has 0 radical (unpaired) electrons. The minimum Gasteiger partial charge on any atom is -0.382 e. The van der Waals surface area contributed by atoms with Gasteiger partial charge in [0.15, 0.2) is 0 Å². The summed E-state index contributed by atoms with van der Waals surface area (Å²) < 4.78 is 5.33. The summed E-state index contributed by atoms with van der Waals surface area (Å²) in [4.78, 5) is 22.5. The van der Waals surface area contributed by atoms with E-state index in [4.69, 9.17) is 4.74 Å². The summed E-state index contributed by atoms with van der Waals surface area (Å²) in [6.07, 6.45) is 1.73. The lowest BCUT2D eigenvalue weighted by Gasteiger charge is -2.27. The van der Waals surface area contributed by atoms with E-state index in [1.165, 1.54) is 5.56 Å². The smallest absolute Gasteiger partial charge is 0.270 e. The van der Waals surface area contributed by atoms with Gasteiger partial charge in [0.05, 0.1) is 18.3 Å². The second-order valence-electron chi connectivity index (χ2n) is 6.32. The molecule has 0 aliphatic rings. The van der Waals surface area contributed by atoms with Crippen molar-refractivity contribution in [2.24, 2.45) is 0 Å². The molecule has 5 heteroatoms. The molecule has 0 aliphatic heterocycles. The Morgan fingerprint density at radius 1 is 1.28 bits per heavy atom. The number of likely N-dealkylation sites (N-methyl/N-ethyl adjacent to an activating group) is 1. The first-order valence-corrected chi connectivity index (χ1v) is 8.29. The molecule has 0 spiro atoms. The Kier molecular flexibility index (Phi) is 4.86. The zero-order chi connectivity index (χ0) is 18.0. The highest BCUT2D eigenvalue weighted by molar-refractivity contribution is 6.01. The molecule has 2 heterocycles. The maximum atomic E-state index is 13.1. The van der Waals surface area contributed by atoms with E-state index in [2.05, 4.69) is 23.0 Å². The number of amides is 1. The van der Waals surface area contributed by atoms with E-state index in [9.17, 15) is 4.79 Å². The van der Waals surface area contributed by atoms with Crippen LogP contribution in [0, 0.1) is 13.8 Å². The minimum absolute atomic E-state index is 0.0703. The van der Waals surface area contributed by atoms with Gasteiger partial charge in [0.25, 0.3) is 5.91 Å². The fourth-order valence-electron chi connectivity index (χ4n) is 3.10. The van der Waals surface area contributed by atoms with Gasteiger partial charge in [-0.15, -0.1) is 0 Å². The van der Waals surface area contributed by atoms with Crippen molar-refractivity contribution in [3.05, 3.63) is 65.1 Å². The number of carbonyl (C=O) groups is 1. The van der Waals surface area contributed by atoms with E-state index in [1.54, 1.807) is 25.3 Å². The van der Waals surface area contributed by atoms with Crippen LogP contribution in [-0.4, -0.2) is 41.5 Å². The maximum Gasteiger partial charge on any atom is 0.270 e. The Morgan fingerprint density at radius 3 is 2.76 bits per heavy atom. The molecule has 0 bridgehead atoms. The first-order valence-electron chi connectivity index (χ1n) is 8.29. The normalized spacial score (nSPS) is 12.3. The highest BCUT2D eigenvalue weighted by Crippen LogP contribution is 2.26. The summed E-state index contributed by atoms with van der Waals surface area (Å²) in [7, 11) is 3.42. The molecule has 130 valence electrons. The molecule has 0 saturated heterocycles. The summed E-state index contributed by atoms with van der Waals surface area (Å²) in [5.41, 5.74) is 4.53.